The van der Waals surface area contributed by atoms with Gasteiger partial charge in [-0.1, -0.05) is 12.1 Å². The molecule has 0 fully saturated rings. The molecule has 7 nitrogen and oxygen atoms in total. The van der Waals surface area contributed by atoms with Crippen LogP contribution in [0.15, 0.2) is 36.7 Å². The molecule has 0 aliphatic rings. The molecule has 1 N–H and O–H groups in total. The van der Waals surface area contributed by atoms with Gasteiger partial charge in [-0.25, -0.2) is 9.97 Å². The van der Waals surface area contributed by atoms with Crippen molar-refractivity contribution in [1.29, 1.82) is 0 Å². The molecular weight excluding hydrogens is 248 g/mol. The van der Waals surface area contributed by atoms with Gasteiger partial charge in [0.15, 0.2) is 0 Å². The summed E-state index contributed by atoms with van der Waals surface area (Å²) in [5, 5.41) is 13.8. The Kier molecular flexibility index (Phi) is 3.99. The molecule has 0 atom stereocenters. The fourth-order valence-corrected chi connectivity index (χ4v) is 1.48. The van der Waals surface area contributed by atoms with Gasteiger partial charge in [0, 0.05) is 30.6 Å². The summed E-state index contributed by atoms with van der Waals surface area (Å²) in [6.07, 6.45) is 3.21. The highest BCUT2D eigenvalue weighted by molar-refractivity contribution is 5.46. The van der Waals surface area contributed by atoms with Gasteiger partial charge in [0.2, 0.25) is 5.75 Å². The molecule has 0 saturated carbocycles. The molecule has 0 spiro atoms. The Morgan fingerprint density at radius 2 is 2.00 bits per heavy atom. The Bertz CT molecular complexity index is 571. The van der Waals surface area contributed by atoms with Crippen molar-refractivity contribution in [3.8, 4) is 11.8 Å². The van der Waals surface area contributed by atoms with E-state index in [2.05, 4.69) is 15.3 Å². The number of rotatable bonds is 5. The highest BCUT2D eigenvalue weighted by atomic mass is 16.6. The van der Waals surface area contributed by atoms with Crippen molar-refractivity contribution in [1.82, 2.24) is 15.3 Å². The summed E-state index contributed by atoms with van der Waals surface area (Å²) in [7, 11) is 1.82. The molecule has 0 unspecified atom stereocenters. The van der Waals surface area contributed by atoms with Crippen LogP contribution in [0.1, 0.15) is 5.56 Å². The van der Waals surface area contributed by atoms with Gasteiger partial charge in [-0.05, 0) is 13.1 Å². The molecule has 1 aromatic carbocycles. The van der Waals surface area contributed by atoms with E-state index in [9.17, 15) is 10.1 Å². The smallest absolute Gasteiger partial charge is 0.322 e. The van der Waals surface area contributed by atoms with Crippen LogP contribution in [0.25, 0.3) is 0 Å². The van der Waals surface area contributed by atoms with Crippen LogP contribution in [0, 0.1) is 10.1 Å². The lowest BCUT2D eigenvalue weighted by Gasteiger charge is -2.04. The van der Waals surface area contributed by atoms with Crippen molar-refractivity contribution in [3.05, 3.63) is 52.3 Å². The minimum absolute atomic E-state index is 0.0779. The number of nitrogens with zero attached hydrogens (tertiary/aromatic N) is 3. The van der Waals surface area contributed by atoms with E-state index in [0.717, 1.165) is 5.56 Å². The predicted octanol–water partition coefficient (Wildman–Crippen LogP) is 1.90. The molecule has 0 aliphatic carbocycles. The molecule has 1 aromatic heterocycles. The standard InChI is InChI=1S/C12H12N4O3/c1-13-6-9-7-14-12(15-8-9)19-11-5-3-2-4-10(11)16(17)18/h2-5,7-8,13H,6H2,1H3. The minimum atomic E-state index is -0.509. The first kappa shape index (κ1) is 12.9. The Morgan fingerprint density at radius 1 is 1.32 bits per heavy atom. The van der Waals surface area contributed by atoms with Crippen molar-refractivity contribution in [2.45, 2.75) is 6.54 Å². The summed E-state index contributed by atoms with van der Waals surface area (Å²) in [6.45, 7) is 0.645. The lowest BCUT2D eigenvalue weighted by atomic mass is 10.3. The molecule has 1 heterocycles. The number of nitro benzene ring substituents is 1. The second-order valence-corrected chi connectivity index (χ2v) is 3.73. The van der Waals surface area contributed by atoms with Crippen molar-refractivity contribution >= 4 is 5.69 Å². The van der Waals surface area contributed by atoms with Crippen LogP contribution in [0.5, 0.6) is 11.8 Å². The zero-order chi connectivity index (χ0) is 13.7. The van der Waals surface area contributed by atoms with E-state index >= 15 is 0 Å². The highest BCUT2D eigenvalue weighted by Crippen LogP contribution is 2.28. The molecule has 0 amide bonds. The number of aromatic nitrogens is 2. The molecule has 7 heteroatoms. The predicted molar refractivity (Wildman–Crippen MR) is 68.0 cm³/mol. The average Bonchev–Trinajstić information content (AvgIpc) is 2.42. The summed E-state index contributed by atoms with van der Waals surface area (Å²) in [4.78, 5) is 18.3. The number of nitro groups is 1. The molecule has 2 aromatic rings. The number of nitrogens with one attached hydrogen (secondary N) is 1. The Labute approximate surface area is 109 Å². The first-order valence-electron chi connectivity index (χ1n) is 5.57. The molecule has 0 saturated heterocycles. The largest absolute Gasteiger partial charge is 0.417 e. The van der Waals surface area contributed by atoms with E-state index in [1.165, 1.54) is 12.1 Å². The lowest BCUT2D eigenvalue weighted by molar-refractivity contribution is -0.385. The van der Waals surface area contributed by atoms with Crippen LogP contribution in [-0.4, -0.2) is 21.9 Å². The number of benzene rings is 1. The van der Waals surface area contributed by atoms with Crippen molar-refractivity contribution in [3.63, 3.8) is 0 Å². The van der Waals surface area contributed by atoms with E-state index in [1.54, 1.807) is 24.5 Å². The maximum atomic E-state index is 10.8. The zero-order valence-corrected chi connectivity index (χ0v) is 10.2. The number of hydrogen-bond acceptors (Lipinski definition) is 6. The fraction of sp³-hybridized carbons (Fsp3) is 0.167. The lowest BCUT2D eigenvalue weighted by Crippen LogP contribution is -2.06. The van der Waals surface area contributed by atoms with Crippen LogP contribution in [0.3, 0.4) is 0 Å². The van der Waals surface area contributed by atoms with Gasteiger partial charge < -0.3 is 10.1 Å². The Balaban J connectivity index is 2.19. The summed E-state index contributed by atoms with van der Waals surface area (Å²) in [5.41, 5.74) is 0.780. The van der Waals surface area contributed by atoms with E-state index in [1.807, 2.05) is 7.05 Å². The third-order valence-corrected chi connectivity index (χ3v) is 2.33. The van der Waals surface area contributed by atoms with E-state index < -0.39 is 4.92 Å². The molecular formula is C12H12N4O3. The minimum Gasteiger partial charge on any atom is -0.417 e. The van der Waals surface area contributed by atoms with Crippen LogP contribution >= 0.6 is 0 Å². The summed E-state index contributed by atoms with van der Waals surface area (Å²) in [5.74, 6) is 0.119. The summed E-state index contributed by atoms with van der Waals surface area (Å²) >= 11 is 0. The van der Waals surface area contributed by atoms with Crippen LogP contribution in [0.4, 0.5) is 5.69 Å². The third-order valence-electron chi connectivity index (χ3n) is 2.33. The van der Waals surface area contributed by atoms with Crippen LogP contribution < -0.4 is 10.1 Å². The first-order valence-corrected chi connectivity index (χ1v) is 5.57. The van der Waals surface area contributed by atoms with E-state index in [-0.39, 0.29) is 17.4 Å². The molecule has 0 radical (unpaired) electrons. The van der Waals surface area contributed by atoms with Gasteiger partial charge in [-0.15, -0.1) is 0 Å². The zero-order valence-electron chi connectivity index (χ0n) is 10.2. The number of hydrogen-bond donors (Lipinski definition) is 1. The molecule has 98 valence electrons. The highest BCUT2D eigenvalue weighted by Gasteiger charge is 2.15. The van der Waals surface area contributed by atoms with Crippen molar-refractivity contribution in [2.75, 3.05) is 7.05 Å². The number of ether oxygens (including phenoxy) is 1. The molecule has 0 bridgehead atoms. The van der Waals surface area contributed by atoms with Gasteiger partial charge >= 0.3 is 11.7 Å². The molecule has 0 aliphatic heterocycles. The van der Waals surface area contributed by atoms with Crippen LogP contribution in [0.2, 0.25) is 0 Å². The molecule has 19 heavy (non-hydrogen) atoms. The van der Waals surface area contributed by atoms with Gasteiger partial charge in [0.25, 0.3) is 0 Å². The van der Waals surface area contributed by atoms with Gasteiger partial charge in [0.1, 0.15) is 0 Å². The van der Waals surface area contributed by atoms with E-state index in [0.29, 0.717) is 6.54 Å². The summed E-state index contributed by atoms with van der Waals surface area (Å²) in [6, 6.07) is 6.17. The van der Waals surface area contributed by atoms with Gasteiger partial charge in [0.05, 0.1) is 4.92 Å². The van der Waals surface area contributed by atoms with Gasteiger partial charge in [-0.2, -0.15) is 0 Å². The topological polar surface area (TPSA) is 90.2 Å². The third kappa shape index (κ3) is 3.23. The fourth-order valence-electron chi connectivity index (χ4n) is 1.48. The van der Waals surface area contributed by atoms with Gasteiger partial charge in [-0.3, -0.25) is 10.1 Å². The van der Waals surface area contributed by atoms with Crippen LogP contribution in [-0.2, 0) is 6.54 Å². The van der Waals surface area contributed by atoms with Crippen molar-refractivity contribution in [2.24, 2.45) is 0 Å². The Morgan fingerprint density at radius 3 is 2.63 bits per heavy atom. The SMILES string of the molecule is CNCc1cnc(Oc2ccccc2[N+](=O)[O-])nc1. The maximum absolute atomic E-state index is 10.8. The normalized spacial score (nSPS) is 10.2. The quantitative estimate of drug-likeness (QED) is 0.652. The van der Waals surface area contributed by atoms with E-state index in [4.69, 9.17) is 4.74 Å². The monoisotopic (exact) mass is 260 g/mol. The number of para-hydroxylation sites is 2. The van der Waals surface area contributed by atoms with Crippen molar-refractivity contribution < 1.29 is 9.66 Å². The first-order chi connectivity index (χ1) is 9.20. The second-order valence-electron chi connectivity index (χ2n) is 3.73. The second kappa shape index (κ2) is 5.87. The average molecular weight is 260 g/mol. The molecule has 2 rings (SSSR count). The maximum Gasteiger partial charge on any atom is 0.322 e. The Hall–Kier alpha value is -2.54. The summed E-state index contributed by atoms with van der Waals surface area (Å²) < 4.78 is 5.32.